The summed E-state index contributed by atoms with van der Waals surface area (Å²) >= 11 is 0. The van der Waals surface area contributed by atoms with Gasteiger partial charge in [-0.3, -0.25) is 5.10 Å². The molecule has 1 aliphatic carbocycles. The molecule has 0 radical (unpaired) electrons. The highest BCUT2D eigenvalue weighted by Crippen LogP contribution is 2.27. The summed E-state index contributed by atoms with van der Waals surface area (Å²) in [5, 5.41) is 6.44. The third-order valence-electron chi connectivity index (χ3n) is 3.46. The first kappa shape index (κ1) is 12.6. The Bertz CT molecular complexity index is 475. The molecule has 1 aromatic rings. The largest absolute Gasteiger partial charge is 0.281 e. The Morgan fingerprint density at radius 1 is 1.47 bits per heavy atom. The lowest BCUT2D eigenvalue weighted by atomic mass is 10.1. The fourth-order valence-electron chi connectivity index (χ4n) is 2.42. The standard InChI is InChI=1S/C11H19N3O2S/c1-9-11(7-12-13-9)17(15,16)14(2)8-10-5-3-4-6-10/h7,10H,3-6,8H2,1-2H3,(H,12,13). The highest BCUT2D eigenvalue weighted by Gasteiger charge is 2.27. The van der Waals surface area contributed by atoms with E-state index in [1.165, 1.54) is 23.3 Å². The molecule has 1 N–H and O–H groups in total. The molecule has 1 saturated carbocycles. The van der Waals surface area contributed by atoms with Gasteiger partial charge in [-0.25, -0.2) is 12.7 Å². The van der Waals surface area contributed by atoms with Gasteiger partial charge in [0.15, 0.2) is 0 Å². The maximum Gasteiger partial charge on any atom is 0.246 e. The number of H-pyrrole nitrogens is 1. The topological polar surface area (TPSA) is 66.1 Å². The number of aromatic amines is 1. The van der Waals surface area contributed by atoms with Crippen molar-refractivity contribution in [2.24, 2.45) is 5.92 Å². The number of nitrogens with zero attached hydrogens (tertiary/aromatic N) is 2. The van der Waals surface area contributed by atoms with Crippen molar-refractivity contribution >= 4 is 10.0 Å². The van der Waals surface area contributed by atoms with Gasteiger partial charge in [-0.1, -0.05) is 12.8 Å². The second kappa shape index (κ2) is 4.78. The minimum Gasteiger partial charge on any atom is -0.281 e. The first-order chi connectivity index (χ1) is 8.01. The number of nitrogens with one attached hydrogen (secondary N) is 1. The van der Waals surface area contributed by atoms with Crippen LogP contribution in [0, 0.1) is 12.8 Å². The number of aromatic nitrogens is 2. The normalized spacial score (nSPS) is 18.1. The lowest BCUT2D eigenvalue weighted by Crippen LogP contribution is -2.31. The Kier molecular flexibility index (Phi) is 3.53. The number of hydrogen-bond acceptors (Lipinski definition) is 3. The van der Waals surface area contributed by atoms with Gasteiger partial charge in [0.2, 0.25) is 10.0 Å². The van der Waals surface area contributed by atoms with E-state index in [0.29, 0.717) is 18.2 Å². The van der Waals surface area contributed by atoms with Gasteiger partial charge in [0.25, 0.3) is 0 Å². The van der Waals surface area contributed by atoms with Crippen molar-refractivity contribution < 1.29 is 8.42 Å². The lowest BCUT2D eigenvalue weighted by molar-refractivity contribution is 0.387. The van der Waals surface area contributed by atoms with E-state index < -0.39 is 10.0 Å². The smallest absolute Gasteiger partial charge is 0.246 e. The molecule has 17 heavy (non-hydrogen) atoms. The third-order valence-corrected chi connectivity index (χ3v) is 5.40. The van der Waals surface area contributed by atoms with Gasteiger partial charge in [-0.15, -0.1) is 0 Å². The fraction of sp³-hybridized carbons (Fsp3) is 0.727. The molecule has 0 aromatic carbocycles. The second-order valence-corrected chi connectivity index (χ2v) is 6.81. The predicted molar refractivity (Wildman–Crippen MR) is 65.1 cm³/mol. The molecule has 6 heteroatoms. The monoisotopic (exact) mass is 257 g/mol. The van der Waals surface area contributed by atoms with Gasteiger partial charge in [0.05, 0.1) is 11.9 Å². The summed E-state index contributed by atoms with van der Waals surface area (Å²) in [7, 11) is -1.72. The average Bonchev–Trinajstić information content (AvgIpc) is 2.89. The summed E-state index contributed by atoms with van der Waals surface area (Å²) in [6.45, 7) is 2.34. The van der Waals surface area contributed by atoms with Crippen molar-refractivity contribution in [3.05, 3.63) is 11.9 Å². The van der Waals surface area contributed by atoms with Crippen LogP contribution in [0.2, 0.25) is 0 Å². The van der Waals surface area contributed by atoms with Crippen LogP contribution in [0.15, 0.2) is 11.1 Å². The molecular weight excluding hydrogens is 238 g/mol. The zero-order chi connectivity index (χ0) is 12.5. The number of aryl methyl sites for hydroxylation is 1. The van der Waals surface area contributed by atoms with Crippen molar-refractivity contribution in [1.29, 1.82) is 0 Å². The van der Waals surface area contributed by atoms with Crippen LogP contribution in [0.3, 0.4) is 0 Å². The van der Waals surface area contributed by atoms with Gasteiger partial charge in [0.1, 0.15) is 4.90 Å². The van der Waals surface area contributed by atoms with Crippen LogP contribution in [0.25, 0.3) is 0 Å². The van der Waals surface area contributed by atoms with Crippen LogP contribution in [-0.2, 0) is 10.0 Å². The maximum absolute atomic E-state index is 12.3. The first-order valence-electron chi connectivity index (χ1n) is 5.98. The molecule has 0 unspecified atom stereocenters. The molecule has 0 atom stereocenters. The minimum absolute atomic E-state index is 0.290. The van der Waals surface area contributed by atoms with Gasteiger partial charge in [-0.2, -0.15) is 5.10 Å². The van der Waals surface area contributed by atoms with E-state index in [2.05, 4.69) is 10.2 Å². The van der Waals surface area contributed by atoms with Gasteiger partial charge >= 0.3 is 0 Å². The SMILES string of the molecule is Cc1[nH]ncc1S(=O)(=O)N(C)CC1CCCC1. The summed E-state index contributed by atoms with van der Waals surface area (Å²) in [6, 6.07) is 0. The van der Waals surface area contributed by atoms with Crippen molar-refractivity contribution in [1.82, 2.24) is 14.5 Å². The van der Waals surface area contributed by atoms with Gasteiger partial charge in [0, 0.05) is 13.6 Å². The predicted octanol–water partition coefficient (Wildman–Crippen LogP) is 1.53. The van der Waals surface area contributed by atoms with E-state index in [-0.39, 0.29) is 4.90 Å². The van der Waals surface area contributed by atoms with Crippen LogP contribution in [0.1, 0.15) is 31.4 Å². The molecule has 0 saturated heterocycles. The number of rotatable bonds is 4. The molecule has 1 aromatic heterocycles. The van der Waals surface area contributed by atoms with Gasteiger partial charge < -0.3 is 0 Å². The van der Waals surface area contributed by atoms with Crippen LogP contribution in [-0.4, -0.2) is 36.5 Å². The zero-order valence-corrected chi connectivity index (χ0v) is 11.1. The number of hydrogen-bond donors (Lipinski definition) is 1. The van der Waals surface area contributed by atoms with Crippen LogP contribution in [0.5, 0.6) is 0 Å². The van der Waals surface area contributed by atoms with Crippen molar-refractivity contribution in [2.45, 2.75) is 37.5 Å². The average molecular weight is 257 g/mol. The van der Waals surface area contributed by atoms with E-state index >= 15 is 0 Å². The summed E-state index contributed by atoms with van der Waals surface area (Å²) in [6.07, 6.45) is 6.12. The minimum atomic E-state index is -3.37. The summed E-state index contributed by atoms with van der Waals surface area (Å²) in [4.78, 5) is 0.290. The second-order valence-electron chi connectivity index (χ2n) is 4.80. The fourth-order valence-corrected chi connectivity index (χ4v) is 3.78. The third kappa shape index (κ3) is 2.52. The molecule has 2 rings (SSSR count). The van der Waals surface area contributed by atoms with E-state index in [9.17, 15) is 8.42 Å². The molecule has 0 bridgehead atoms. The molecule has 96 valence electrons. The van der Waals surface area contributed by atoms with Crippen molar-refractivity contribution in [3.63, 3.8) is 0 Å². The Morgan fingerprint density at radius 2 is 2.12 bits per heavy atom. The Hall–Kier alpha value is -0.880. The first-order valence-corrected chi connectivity index (χ1v) is 7.42. The summed E-state index contributed by atoms with van der Waals surface area (Å²) in [5.74, 6) is 0.516. The molecule has 1 aliphatic rings. The highest BCUT2D eigenvalue weighted by molar-refractivity contribution is 7.89. The molecule has 5 nitrogen and oxygen atoms in total. The Labute approximate surface area is 102 Å². The van der Waals surface area contributed by atoms with Crippen molar-refractivity contribution in [2.75, 3.05) is 13.6 Å². The van der Waals surface area contributed by atoms with E-state index in [1.54, 1.807) is 14.0 Å². The lowest BCUT2D eigenvalue weighted by Gasteiger charge is -2.20. The van der Waals surface area contributed by atoms with Crippen LogP contribution >= 0.6 is 0 Å². The molecule has 1 fully saturated rings. The van der Waals surface area contributed by atoms with E-state index in [4.69, 9.17) is 0 Å². The van der Waals surface area contributed by atoms with Crippen LogP contribution in [0.4, 0.5) is 0 Å². The Morgan fingerprint density at radius 3 is 2.65 bits per heavy atom. The molecule has 0 amide bonds. The maximum atomic E-state index is 12.3. The van der Waals surface area contributed by atoms with E-state index in [1.807, 2.05) is 0 Å². The zero-order valence-electron chi connectivity index (χ0n) is 10.3. The molecular formula is C11H19N3O2S. The van der Waals surface area contributed by atoms with Crippen LogP contribution < -0.4 is 0 Å². The summed E-state index contributed by atoms with van der Waals surface area (Å²) < 4.78 is 26.0. The highest BCUT2D eigenvalue weighted by atomic mass is 32.2. The van der Waals surface area contributed by atoms with Crippen molar-refractivity contribution in [3.8, 4) is 0 Å². The Balaban J connectivity index is 2.12. The molecule has 0 aliphatic heterocycles. The molecule has 1 heterocycles. The van der Waals surface area contributed by atoms with Gasteiger partial charge in [-0.05, 0) is 25.7 Å². The van der Waals surface area contributed by atoms with E-state index in [0.717, 1.165) is 12.8 Å². The summed E-state index contributed by atoms with van der Waals surface area (Å²) in [5.41, 5.74) is 0.600. The number of sulfonamides is 1. The quantitative estimate of drug-likeness (QED) is 0.889. The molecule has 0 spiro atoms.